The summed E-state index contributed by atoms with van der Waals surface area (Å²) in [4.78, 5) is 0. The minimum atomic E-state index is 0.121. The van der Waals surface area contributed by atoms with Crippen molar-refractivity contribution in [2.45, 2.75) is 13.8 Å². The highest BCUT2D eigenvalue weighted by atomic mass is 15.0. The molecule has 0 amide bonds. The van der Waals surface area contributed by atoms with Crippen LogP contribution in [-0.4, -0.2) is 15.0 Å². The Morgan fingerprint density at radius 3 is 1.22 bits per heavy atom. The summed E-state index contributed by atoms with van der Waals surface area (Å²) in [7, 11) is 0. The zero-order valence-corrected chi connectivity index (χ0v) is 33.0. The number of nitrogen functional groups attached to an aromatic ring is 1. The molecule has 282 valence electrons. The predicted octanol–water partition coefficient (Wildman–Crippen LogP) is 14.1. The highest BCUT2D eigenvalue weighted by molar-refractivity contribution is 6.39. The van der Waals surface area contributed by atoms with E-state index in [4.69, 9.17) is 11.1 Å². The second-order valence-corrected chi connectivity index (χ2v) is 15.3. The maximum atomic E-state index is 7.01. The molecule has 12 rings (SSSR count). The number of para-hydroxylation sites is 1. The molecule has 0 atom stereocenters. The average molecular weight is 759 g/mol. The molecule has 12 aromatic rings. The maximum absolute atomic E-state index is 7.01. The molecule has 0 bridgehead atoms. The van der Waals surface area contributed by atoms with Crippen LogP contribution >= 0.6 is 0 Å². The summed E-state index contributed by atoms with van der Waals surface area (Å²) in [5.74, 6) is 0.121. The molecule has 59 heavy (non-hydrogen) atoms. The number of amidine groups is 1. The molecule has 4 heteroatoms. The average Bonchev–Trinajstić information content (AvgIpc) is 3.80. The van der Waals surface area contributed by atoms with Crippen molar-refractivity contribution in [3.63, 3.8) is 0 Å². The summed E-state index contributed by atoms with van der Waals surface area (Å²) in [6, 6.07) is 71.2. The summed E-state index contributed by atoms with van der Waals surface area (Å²) in [5.41, 5.74) is 15.9. The van der Waals surface area contributed by atoms with E-state index in [2.05, 4.69) is 175 Å². The number of nitrogens with two attached hydrogens (primary N) is 1. The molecule has 0 radical (unpaired) electrons. The van der Waals surface area contributed by atoms with Gasteiger partial charge in [-0.1, -0.05) is 151 Å². The lowest BCUT2D eigenvalue weighted by molar-refractivity contribution is 1.17. The lowest BCUT2D eigenvalue weighted by atomic mass is 9.93. The number of nitrogens with zero attached hydrogens (tertiary/aromatic N) is 2. The van der Waals surface area contributed by atoms with Gasteiger partial charge in [0.25, 0.3) is 0 Å². The van der Waals surface area contributed by atoms with Crippen LogP contribution in [0.15, 0.2) is 200 Å². The topological polar surface area (TPSA) is 59.7 Å². The van der Waals surface area contributed by atoms with Crippen LogP contribution in [-0.2, 0) is 0 Å². The molecule has 0 saturated carbocycles. The Labute approximate surface area is 342 Å². The van der Waals surface area contributed by atoms with Crippen LogP contribution in [0.5, 0.6) is 0 Å². The fourth-order valence-electron chi connectivity index (χ4n) is 8.81. The number of nitrogens with one attached hydrogen (secondary N) is 1. The number of fused-ring (bicyclic) bond motifs is 4. The van der Waals surface area contributed by atoms with Crippen molar-refractivity contribution in [2.75, 3.05) is 0 Å². The summed E-state index contributed by atoms with van der Waals surface area (Å²) < 4.78 is 4.92. The van der Waals surface area contributed by atoms with E-state index < -0.39 is 0 Å². The van der Waals surface area contributed by atoms with Crippen molar-refractivity contribution >= 4 is 81.8 Å². The maximum Gasteiger partial charge on any atom is 0.122 e. The van der Waals surface area contributed by atoms with Gasteiger partial charge in [-0.3, -0.25) is 5.41 Å². The van der Waals surface area contributed by atoms with E-state index >= 15 is 0 Å². The van der Waals surface area contributed by atoms with E-state index in [0.717, 1.165) is 5.56 Å². The zero-order valence-electron chi connectivity index (χ0n) is 33.0. The standard InChI is InChI=1S/C41H26N2.C7H8N2.C7H8/c1-25-17-19-29(20-18-25)43-35-16-8-14-31-33-24-27-10-6-5-9-26(27)23-32(33)30-13-7-15-34-38(30)40-36(21-22-37(43)41(40)39(31)35)42(34)28-11-3-2-4-12-28;8-7(9)6-4-2-1-3-5-6;1-7-5-3-2-4-6-7/h2-24H,1H3;1-5H,(H3,8,9);2-6H,1H3. The van der Waals surface area contributed by atoms with Gasteiger partial charge in [0.15, 0.2) is 0 Å². The van der Waals surface area contributed by atoms with Gasteiger partial charge in [-0.15, -0.1) is 0 Å². The Morgan fingerprint density at radius 2 is 0.780 bits per heavy atom. The van der Waals surface area contributed by atoms with Crippen molar-refractivity contribution in [1.82, 2.24) is 9.13 Å². The van der Waals surface area contributed by atoms with E-state index in [-0.39, 0.29) is 5.84 Å². The minimum Gasteiger partial charge on any atom is -0.384 e. The van der Waals surface area contributed by atoms with Crippen LogP contribution in [0.25, 0.3) is 87.3 Å². The second-order valence-electron chi connectivity index (χ2n) is 15.3. The van der Waals surface area contributed by atoms with Crippen LogP contribution in [0.3, 0.4) is 0 Å². The first kappa shape index (κ1) is 35.7. The second kappa shape index (κ2) is 14.7. The Balaban J connectivity index is 0.000000220. The van der Waals surface area contributed by atoms with Crippen molar-refractivity contribution in [3.05, 3.63) is 217 Å². The number of aromatic nitrogens is 2. The molecule has 2 heterocycles. The van der Waals surface area contributed by atoms with Crippen LogP contribution in [0.4, 0.5) is 0 Å². The van der Waals surface area contributed by atoms with Crippen LogP contribution in [0, 0.1) is 19.3 Å². The number of benzene rings is 9. The molecule has 0 saturated heterocycles. The highest BCUT2D eigenvalue weighted by Gasteiger charge is 2.24. The van der Waals surface area contributed by atoms with Gasteiger partial charge in [-0.2, -0.15) is 0 Å². The van der Waals surface area contributed by atoms with E-state index in [1.165, 1.54) is 98.4 Å². The van der Waals surface area contributed by atoms with E-state index in [9.17, 15) is 0 Å². The molecule has 0 fully saturated rings. The molecular formula is C55H42N4. The molecule has 0 spiro atoms. The van der Waals surface area contributed by atoms with E-state index in [1.54, 1.807) is 0 Å². The Hall–Kier alpha value is -7.69. The molecule has 0 unspecified atom stereocenters. The fourth-order valence-corrected chi connectivity index (χ4v) is 8.81. The third-order valence-electron chi connectivity index (χ3n) is 11.5. The highest BCUT2D eigenvalue weighted by Crippen LogP contribution is 2.48. The van der Waals surface area contributed by atoms with Crippen molar-refractivity contribution < 1.29 is 0 Å². The first-order chi connectivity index (χ1) is 29.0. The van der Waals surface area contributed by atoms with Gasteiger partial charge in [-0.25, -0.2) is 0 Å². The van der Waals surface area contributed by atoms with E-state index in [0.29, 0.717) is 0 Å². The van der Waals surface area contributed by atoms with Gasteiger partial charge in [0.1, 0.15) is 5.84 Å². The first-order valence-electron chi connectivity index (χ1n) is 20.1. The number of hydrogen-bond donors (Lipinski definition) is 2. The van der Waals surface area contributed by atoms with Gasteiger partial charge < -0.3 is 14.9 Å². The largest absolute Gasteiger partial charge is 0.384 e. The molecule has 0 aliphatic carbocycles. The SMILES string of the molecule is Cc1ccc(-n2c3cccc4c5cc6ccccc6cc5c5cccc6c5c5c(c43)c2ccc5n6-c2ccccc2)cc1.Cc1ccccc1.N=C(N)c1ccccc1. The molecule has 0 aliphatic heterocycles. The summed E-state index contributed by atoms with van der Waals surface area (Å²) in [6.45, 7) is 4.24. The Bertz CT molecular complexity index is 3450. The lowest BCUT2D eigenvalue weighted by Gasteiger charge is -2.10. The monoisotopic (exact) mass is 758 g/mol. The predicted molar refractivity (Wildman–Crippen MR) is 252 cm³/mol. The molecule has 3 N–H and O–H groups in total. The molecule has 2 aromatic heterocycles. The third kappa shape index (κ3) is 6.14. The van der Waals surface area contributed by atoms with E-state index in [1.807, 2.05) is 48.5 Å². The smallest absolute Gasteiger partial charge is 0.122 e. The van der Waals surface area contributed by atoms with Crippen molar-refractivity contribution in [2.24, 2.45) is 5.73 Å². The zero-order chi connectivity index (χ0) is 40.0. The summed E-state index contributed by atoms with van der Waals surface area (Å²) in [5, 5.41) is 20.0. The summed E-state index contributed by atoms with van der Waals surface area (Å²) >= 11 is 0. The van der Waals surface area contributed by atoms with Crippen LogP contribution in [0.1, 0.15) is 16.7 Å². The number of rotatable bonds is 3. The number of aryl methyl sites for hydroxylation is 2. The first-order valence-corrected chi connectivity index (χ1v) is 20.1. The van der Waals surface area contributed by atoms with Gasteiger partial charge in [0, 0.05) is 38.5 Å². The normalized spacial score (nSPS) is 11.4. The third-order valence-corrected chi connectivity index (χ3v) is 11.5. The van der Waals surface area contributed by atoms with Gasteiger partial charge >= 0.3 is 0 Å². The molecule has 10 aromatic carbocycles. The fraction of sp³-hybridized carbons (Fsp3) is 0.0364. The molecular weight excluding hydrogens is 717 g/mol. The van der Waals surface area contributed by atoms with Gasteiger partial charge in [0.05, 0.1) is 22.1 Å². The molecule has 4 nitrogen and oxygen atoms in total. The van der Waals surface area contributed by atoms with Crippen molar-refractivity contribution in [3.8, 4) is 11.4 Å². The van der Waals surface area contributed by atoms with Crippen molar-refractivity contribution in [1.29, 1.82) is 5.41 Å². The quantitative estimate of drug-likeness (QED) is 0.137. The minimum absolute atomic E-state index is 0.121. The van der Waals surface area contributed by atoms with Gasteiger partial charge in [-0.05, 0) is 107 Å². The van der Waals surface area contributed by atoms with Gasteiger partial charge in [0.2, 0.25) is 0 Å². The lowest BCUT2D eigenvalue weighted by Crippen LogP contribution is -2.10. The van der Waals surface area contributed by atoms with Crippen LogP contribution in [0.2, 0.25) is 0 Å². The molecule has 0 aliphatic rings. The Morgan fingerprint density at radius 1 is 0.373 bits per heavy atom. The summed E-state index contributed by atoms with van der Waals surface area (Å²) in [6.07, 6.45) is 0. The Kier molecular flexibility index (Phi) is 8.88. The number of hydrogen-bond acceptors (Lipinski definition) is 1. The van der Waals surface area contributed by atoms with Crippen LogP contribution < -0.4 is 5.73 Å².